The van der Waals surface area contributed by atoms with Gasteiger partial charge in [0.2, 0.25) is 0 Å². The van der Waals surface area contributed by atoms with Crippen molar-refractivity contribution >= 4 is 23.0 Å². The third-order valence-corrected chi connectivity index (χ3v) is 4.00. The Morgan fingerprint density at radius 3 is 2.62 bits per heavy atom. The van der Waals surface area contributed by atoms with Gasteiger partial charge in [0, 0.05) is 5.69 Å². The molecule has 2 heterocycles. The first-order chi connectivity index (χ1) is 11.6. The Morgan fingerprint density at radius 2 is 1.96 bits per heavy atom. The van der Waals surface area contributed by atoms with Gasteiger partial charge >= 0.3 is 0 Å². The van der Waals surface area contributed by atoms with Crippen molar-refractivity contribution in [2.24, 2.45) is 0 Å². The average molecular weight is 344 g/mol. The van der Waals surface area contributed by atoms with E-state index >= 15 is 0 Å². The summed E-state index contributed by atoms with van der Waals surface area (Å²) in [6, 6.07) is 13.5. The molecule has 1 N–H and O–H groups in total. The molecule has 6 heteroatoms. The number of furan rings is 2. The minimum Gasteiger partial charge on any atom is -0.467 e. The maximum Gasteiger partial charge on any atom is 0.174 e. The highest BCUT2D eigenvalue weighted by Gasteiger charge is 2.22. The van der Waals surface area contributed by atoms with Gasteiger partial charge in [0.05, 0.1) is 25.1 Å². The largest absolute Gasteiger partial charge is 0.467 e. The minimum absolute atomic E-state index is 0.112. The zero-order valence-corrected chi connectivity index (χ0v) is 13.9. The Bertz CT molecular complexity index is 787. The molecule has 3 rings (SSSR count). The van der Waals surface area contributed by atoms with Crippen LogP contribution in [0.25, 0.3) is 0 Å². The number of nitrogens with one attached hydrogen (secondary N) is 1. The normalized spacial score (nSPS) is 11.9. The van der Waals surface area contributed by atoms with E-state index in [0.717, 1.165) is 11.5 Å². The highest BCUT2D eigenvalue weighted by atomic mass is 32.1. The number of rotatable bonds is 5. The van der Waals surface area contributed by atoms with Crippen molar-refractivity contribution in [3.8, 4) is 0 Å². The summed E-state index contributed by atoms with van der Waals surface area (Å²) in [5.74, 6) is 1.24. The van der Waals surface area contributed by atoms with E-state index in [4.69, 9.17) is 21.1 Å². The maximum absolute atomic E-state index is 13.4. The van der Waals surface area contributed by atoms with Crippen molar-refractivity contribution in [2.45, 2.75) is 19.5 Å². The fraction of sp³-hybridized carbons (Fsp3) is 0.167. The number of nitrogens with zero attached hydrogens (tertiary/aromatic N) is 1. The van der Waals surface area contributed by atoms with Gasteiger partial charge in [-0.05, 0) is 61.6 Å². The number of halogens is 1. The number of hydrogen-bond donors (Lipinski definition) is 1. The van der Waals surface area contributed by atoms with Gasteiger partial charge in [-0.2, -0.15) is 0 Å². The summed E-state index contributed by atoms with van der Waals surface area (Å²) >= 11 is 5.53. The van der Waals surface area contributed by atoms with Crippen molar-refractivity contribution in [1.82, 2.24) is 4.90 Å². The van der Waals surface area contributed by atoms with E-state index in [1.54, 1.807) is 24.7 Å². The van der Waals surface area contributed by atoms with Crippen molar-refractivity contribution in [1.29, 1.82) is 0 Å². The fourth-order valence-electron chi connectivity index (χ4n) is 2.40. The first kappa shape index (κ1) is 16.3. The van der Waals surface area contributed by atoms with Crippen LogP contribution in [-0.4, -0.2) is 10.0 Å². The molecule has 0 fully saturated rings. The van der Waals surface area contributed by atoms with Crippen LogP contribution in [-0.2, 0) is 6.54 Å². The van der Waals surface area contributed by atoms with E-state index in [0.29, 0.717) is 17.3 Å². The Kier molecular flexibility index (Phi) is 4.96. The van der Waals surface area contributed by atoms with Crippen LogP contribution in [0.3, 0.4) is 0 Å². The van der Waals surface area contributed by atoms with Crippen molar-refractivity contribution in [3.05, 3.63) is 78.4 Å². The summed E-state index contributed by atoms with van der Waals surface area (Å²) in [6.45, 7) is 2.46. The lowest BCUT2D eigenvalue weighted by atomic mass is 10.2. The van der Waals surface area contributed by atoms with E-state index in [1.165, 1.54) is 12.1 Å². The molecule has 0 saturated heterocycles. The molecular formula is C18H17FN2O2S. The Labute approximate surface area is 144 Å². The van der Waals surface area contributed by atoms with E-state index in [2.05, 4.69) is 5.32 Å². The quantitative estimate of drug-likeness (QED) is 0.662. The summed E-state index contributed by atoms with van der Waals surface area (Å²) in [6.07, 6.45) is 3.24. The third-order valence-electron chi connectivity index (χ3n) is 3.67. The van der Waals surface area contributed by atoms with Crippen LogP contribution in [0, 0.1) is 5.82 Å². The van der Waals surface area contributed by atoms with E-state index in [-0.39, 0.29) is 11.9 Å². The van der Waals surface area contributed by atoms with Crippen molar-refractivity contribution < 1.29 is 13.2 Å². The van der Waals surface area contributed by atoms with Gasteiger partial charge in [-0.1, -0.05) is 6.07 Å². The first-order valence-electron chi connectivity index (χ1n) is 7.52. The topological polar surface area (TPSA) is 41.6 Å². The first-order valence-corrected chi connectivity index (χ1v) is 7.93. The molecule has 0 spiro atoms. The smallest absolute Gasteiger partial charge is 0.174 e. The standard InChI is InChI=1S/C18H17FN2O2S/c1-13(17-8-4-10-23-17)21(12-16-7-3-9-22-16)18(24)20-15-6-2-5-14(19)11-15/h2-11,13H,12H2,1H3,(H,20,24)/t13-/m1/s1. The zero-order chi connectivity index (χ0) is 16.9. The maximum atomic E-state index is 13.4. The predicted molar refractivity (Wildman–Crippen MR) is 94.0 cm³/mol. The number of hydrogen-bond acceptors (Lipinski definition) is 3. The van der Waals surface area contributed by atoms with Crippen LogP contribution in [0.5, 0.6) is 0 Å². The summed E-state index contributed by atoms with van der Waals surface area (Å²) < 4.78 is 24.3. The van der Waals surface area contributed by atoms with Crippen molar-refractivity contribution in [2.75, 3.05) is 5.32 Å². The zero-order valence-electron chi connectivity index (χ0n) is 13.1. The molecule has 124 valence electrons. The molecule has 0 aliphatic carbocycles. The SMILES string of the molecule is C[C@H](c1ccco1)N(Cc1ccco1)C(=S)Nc1cccc(F)c1. The number of anilines is 1. The molecule has 0 saturated carbocycles. The molecule has 1 atom stereocenters. The van der Waals surface area contributed by atoms with Crippen LogP contribution < -0.4 is 5.32 Å². The highest BCUT2D eigenvalue weighted by molar-refractivity contribution is 7.80. The molecule has 0 aliphatic heterocycles. The lowest BCUT2D eigenvalue weighted by Gasteiger charge is -2.30. The molecule has 1 aromatic carbocycles. The molecule has 0 unspecified atom stereocenters. The summed E-state index contributed by atoms with van der Waals surface area (Å²) in [7, 11) is 0. The van der Waals surface area contributed by atoms with Gasteiger partial charge in [0.15, 0.2) is 5.11 Å². The van der Waals surface area contributed by atoms with Crippen LogP contribution in [0.15, 0.2) is 69.9 Å². The van der Waals surface area contributed by atoms with Gasteiger partial charge < -0.3 is 19.1 Å². The summed E-state index contributed by atoms with van der Waals surface area (Å²) in [5.41, 5.74) is 0.594. The second kappa shape index (κ2) is 7.31. The van der Waals surface area contributed by atoms with Gasteiger partial charge in [0.25, 0.3) is 0 Å². The molecule has 0 bridgehead atoms. The number of thiocarbonyl (C=S) groups is 1. The van der Waals surface area contributed by atoms with Crippen molar-refractivity contribution in [3.63, 3.8) is 0 Å². The predicted octanol–water partition coefficient (Wildman–Crippen LogP) is 4.97. The molecule has 4 nitrogen and oxygen atoms in total. The Hall–Kier alpha value is -2.60. The van der Waals surface area contributed by atoms with E-state index in [9.17, 15) is 4.39 Å². The lowest BCUT2D eigenvalue weighted by Crippen LogP contribution is -2.36. The average Bonchev–Trinajstić information content (AvgIpc) is 3.25. The monoisotopic (exact) mass is 344 g/mol. The molecule has 3 aromatic rings. The van der Waals surface area contributed by atoms with Crippen LogP contribution in [0.1, 0.15) is 24.5 Å². The second-order valence-corrected chi connectivity index (χ2v) is 5.73. The van der Waals surface area contributed by atoms with Gasteiger partial charge in [-0.15, -0.1) is 0 Å². The Morgan fingerprint density at radius 1 is 1.17 bits per heavy atom. The van der Waals surface area contributed by atoms with Crippen LogP contribution in [0.2, 0.25) is 0 Å². The highest BCUT2D eigenvalue weighted by Crippen LogP contribution is 2.24. The van der Waals surface area contributed by atoms with E-state index in [1.807, 2.05) is 36.1 Å². The molecule has 0 amide bonds. The van der Waals surface area contributed by atoms with Gasteiger partial charge in [0.1, 0.15) is 17.3 Å². The second-order valence-electron chi connectivity index (χ2n) is 5.34. The molecule has 0 radical (unpaired) electrons. The number of benzene rings is 1. The van der Waals surface area contributed by atoms with Crippen LogP contribution in [0.4, 0.5) is 10.1 Å². The molecule has 24 heavy (non-hydrogen) atoms. The molecular weight excluding hydrogens is 327 g/mol. The fourth-order valence-corrected chi connectivity index (χ4v) is 2.74. The van der Waals surface area contributed by atoms with Crippen LogP contribution >= 0.6 is 12.2 Å². The van der Waals surface area contributed by atoms with Gasteiger partial charge in [-0.25, -0.2) is 4.39 Å². The summed E-state index contributed by atoms with van der Waals surface area (Å²) in [5, 5.41) is 3.53. The minimum atomic E-state index is -0.320. The third kappa shape index (κ3) is 3.83. The molecule has 2 aromatic heterocycles. The van der Waals surface area contributed by atoms with E-state index < -0.39 is 0 Å². The van der Waals surface area contributed by atoms with Gasteiger partial charge in [-0.3, -0.25) is 0 Å². The summed E-state index contributed by atoms with van der Waals surface area (Å²) in [4.78, 5) is 1.93. The lowest BCUT2D eigenvalue weighted by molar-refractivity contribution is 0.269. The Balaban J connectivity index is 1.81. The molecule has 0 aliphatic rings.